The second-order valence-corrected chi connectivity index (χ2v) is 6.59. The van der Waals surface area contributed by atoms with Gasteiger partial charge < -0.3 is 9.47 Å². The smallest absolute Gasteiger partial charge is 0.226 e. The van der Waals surface area contributed by atoms with Gasteiger partial charge in [-0.05, 0) is 12.8 Å². The third kappa shape index (κ3) is 3.61. The summed E-state index contributed by atoms with van der Waals surface area (Å²) < 4.78 is 2.06. The number of hydrogen-bond acceptors (Lipinski definition) is 4. The van der Waals surface area contributed by atoms with E-state index in [4.69, 9.17) is 0 Å². The monoisotopic (exact) mass is 310 g/mol. The molecule has 1 amide bonds. The summed E-state index contributed by atoms with van der Waals surface area (Å²) in [5, 5.41) is 0. The lowest BCUT2D eigenvalue weighted by Gasteiger charge is -2.41. The lowest BCUT2D eigenvalue weighted by atomic mass is 10.1. The highest BCUT2D eigenvalue weighted by Gasteiger charge is 2.33. The molecule has 21 heavy (non-hydrogen) atoms. The Morgan fingerprint density at radius 1 is 1.52 bits per heavy atom. The number of aryl methyl sites for hydroxylation is 1. The predicted octanol–water partition coefficient (Wildman–Crippen LogP) is 1.62. The maximum atomic E-state index is 12.5. The predicted molar refractivity (Wildman–Crippen MR) is 87.3 cm³/mol. The van der Waals surface area contributed by atoms with Crippen molar-refractivity contribution in [2.75, 3.05) is 38.2 Å². The van der Waals surface area contributed by atoms with E-state index < -0.39 is 0 Å². The summed E-state index contributed by atoms with van der Waals surface area (Å²) in [6.45, 7) is 7.68. The molecule has 0 spiro atoms. The highest BCUT2D eigenvalue weighted by Crippen LogP contribution is 2.25. The maximum absolute atomic E-state index is 12.5. The molecular formula is C15H26N4OS. The number of hydrogen-bond donors (Lipinski definition) is 0. The normalized spacial score (nSPS) is 21.5. The van der Waals surface area contributed by atoms with Crippen LogP contribution in [0.4, 0.5) is 0 Å². The molecule has 118 valence electrons. The Kier molecular flexibility index (Phi) is 5.70. The van der Waals surface area contributed by atoms with Crippen molar-refractivity contribution in [2.45, 2.75) is 19.9 Å². The van der Waals surface area contributed by atoms with Crippen molar-refractivity contribution in [3.8, 4) is 0 Å². The maximum Gasteiger partial charge on any atom is 0.226 e. The van der Waals surface area contributed by atoms with E-state index in [1.807, 2.05) is 31.3 Å². The van der Waals surface area contributed by atoms with E-state index in [0.717, 1.165) is 37.8 Å². The number of nitrogens with zero attached hydrogens (tertiary/aromatic N) is 4. The summed E-state index contributed by atoms with van der Waals surface area (Å²) in [6, 6.07) is 0.203. The zero-order valence-electron chi connectivity index (χ0n) is 13.5. The molecule has 0 unspecified atom stereocenters. The standard InChI is InChI=1S/C15H26N4OS/c1-5-18-8-9-19(15(20)12(2)11-21-4)10-13(18)14-16-6-7-17(14)3/h6-7,12-13H,5,8-11H2,1-4H3/t12-,13+/m0/s1. The van der Waals surface area contributed by atoms with E-state index in [0.29, 0.717) is 0 Å². The Balaban J connectivity index is 2.12. The molecular weight excluding hydrogens is 284 g/mol. The molecule has 1 aliphatic rings. The van der Waals surface area contributed by atoms with Gasteiger partial charge in [0.25, 0.3) is 0 Å². The van der Waals surface area contributed by atoms with Crippen LogP contribution < -0.4 is 0 Å². The molecule has 0 saturated carbocycles. The molecule has 2 rings (SSSR count). The Bertz CT molecular complexity index is 476. The van der Waals surface area contributed by atoms with Crippen molar-refractivity contribution < 1.29 is 4.79 Å². The molecule has 0 aromatic carbocycles. The number of imidazole rings is 1. The number of likely N-dealkylation sites (N-methyl/N-ethyl adjacent to an activating group) is 1. The number of carbonyl (C=O) groups excluding carboxylic acids is 1. The van der Waals surface area contributed by atoms with Crippen LogP contribution in [-0.4, -0.2) is 63.4 Å². The number of rotatable bonds is 5. The zero-order valence-corrected chi connectivity index (χ0v) is 14.3. The fourth-order valence-electron chi connectivity index (χ4n) is 2.98. The van der Waals surface area contributed by atoms with Crippen molar-refractivity contribution in [1.82, 2.24) is 19.4 Å². The molecule has 6 heteroatoms. The van der Waals surface area contributed by atoms with Crippen molar-refractivity contribution in [3.05, 3.63) is 18.2 Å². The second kappa shape index (κ2) is 7.31. The van der Waals surface area contributed by atoms with Crippen LogP contribution in [-0.2, 0) is 11.8 Å². The molecule has 0 aliphatic carbocycles. The second-order valence-electron chi connectivity index (χ2n) is 5.68. The summed E-state index contributed by atoms with van der Waals surface area (Å²) in [7, 11) is 2.02. The third-order valence-corrected chi connectivity index (χ3v) is 5.04. The Morgan fingerprint density at radius 2 is 2.29 bits per heavy atom. The Hall–Kier alpha value is -1.01. The van der Waals surface area contributed by atoms with Gasteiger partial charge >= 0.3 is 0 Å². The molecule has 1 aromatic heterocycles. The highest BCUT2D eigenvalue weighted by molar-refractivity contribution is 7.98. The zero-order chi connectivity index (χ0) is 15.4. The van der Waals surface area contributed by atoms with E-state index >= 15 is 0 Å². The molecule has 2 heterocycles. The van der Waals surface area contributed by atoms with Gasteiger partial charge in [-0.1, -0.05) is 13.8 Å². The van der Waals surface area contributed by atoms with Crippen LogP contribution in [0.1, 0.15) is 25.7 Å². The Morgan fingerprint density at radius 3 is 2.86 bits per heavy atom. The van der Waals surface area contributed by atoms with E-state index in [-0.39, 0.29) is 17.9 Å². The van der Waals surface area contributed by atoms with Gasteiger partial charge in [0.05, 0.1) is 6.04 Å². The first-order valence-electron chi connectivity index (χ1n) is 7.57. The molecule has 1 saturated heterocycles. The van der Waals surface area contributed by atoms with Crippen LogP contribution in [0, 0.1) is 5.92 Å². The average molecular weight is 310 g/mol. The van der Waals surface area contributed by atoms with Gasteiger partial charge in [-0.25, -0.2) is 4.98 Å². The first-order chi connectivity index (χ1) is 10.1. The summed E-state index contributed by atoms with van der Waals surface area (Å²) >= 11 is 1.73. The molecule has 5 nitrogen and oxygen atoms in total. The van der Waals surface area contributed by atoms with E-state index in [9.17, 15) is 4.79 Å². The van der Waals surface area contributed by atoms with Gasteiger partial charge in [0.15, 0.2) is 0 Å². The van der Waals surface area contributed by atoms with Crippen LogP contribution in [0.3, 0.4) is 0 Å². The van der Waals surface area contributed by atoms with Gasteiger partial charge in [0.2, 0.25) is 5.91 Å². The molecule has 1 aromatic rings. The third-order valence-electron chi connectivity index (χ3n) is 4.20. The number of aromatic nitrogens is 2. The lowest BCUT2D eigenvalue weighted by Crippen LogP contribution is -2.52. The molecule has 2 atom stereocenters. The van der Waals surface area contributed by atoms with Crippen molar-refractivity contribution in [3.63, 3.8) is 0 Å². The van der Waals surface area contributed by atoms with Gasteiger partial charge in [-0.15, -0.1) is 0 Å². The average Bonchev–Trinajstić information content (AvgIpc) is 2.92. The number of carbonyl (C=O) groups is 1. The SMILES string of the molecule is CCN1CCN(C(=O)[C@@H](C)CSC)C[C@@H]1c1nccn1C. The van der Waals surface area contributed by atoms with E-state index in [1.165, 1.54) is 0 Å². The molecule has 1 fully saturated rings. The van der Waals surface area contributed by atoms with Crippen LogP contribution >= 0.6 is 11.8 Å². The number of thioether (sulfide) groups is 1. The van der Waals surface area contributed by atoms with Crippen molar-refractivity contribution in [2.24, 2.45) is 13.0 Å². The van der Waals surface area contributed by atoms with Crippen LogP contribution in [0.5, 0.6) is 0 Å². The summed E-state index contributed by atoms with van der Waals surface area (Å²) in [5.41, 5.74) is 0. The minimum Gasteiger partial charge on any atom is -0.339 e. The first-order valence-corrected chi connectivity index (χ1v) is 8.96. The first kappa shape index (κ1) is 16.4. The van der Waals surface area contributed by atoms with Gasteiger partial charge in [0, 0.05) is 50.7 Å². The topological polar surface area (TPSA) is 41.4 Å². The minimum atomic E-state index is 0.0928. The number of piperazine rings is 1. The van der Waals surface area contributed by atoms with Crippen LogP contribution in [0.25, 0.3) is 0 Å². The fourth-order valence-corrected chi connectivity index (χ4v) is 3.62. The quantitative estimate of drug-likeness (QED) is 0.829. The lowest BCUT2D eigenvalue weighted by molar-refractivity contribution is -0.137. The molecule has 0 radical (unpaired) electrons. The molecule has 1 aliphatic heterocycles. The Labute approximate surface area is 131 Å². The number of amides is 1. The van der Waals surface area contributed by atoms with E-state index in [2.05, 4.69) is 27.6 Å². The highest BCUT2D eigenvalue weighted by atomic mass is 32.2. The van der Waals surface area contributed by atoms with Gasteiger partial charge in [-0.3, -0.25) is 9.69 Å². The summed E-state index contributed by atoms with van der Waals surface area (Å²) in [6.07, 6.45) is 5.86. The minimum absolute atomic E-state index is 0.0928. The van der Waals surface area contributed by atoms with Crippen molar-refractivity contribution in [1.29, 1.82) is 0 Å². The van der Waals surface area contributed by atoms with E-state index in [1.54, 1.807) is 11.8 Å². The van der Waals surface area contributed by atoms with Crippen LogP contribution in [0.15, 0.2) is 12.4 Å². The van der Waals surface area contributed by atoms with Gasteiger partial charge in [-0.2, -0.15) is 11.8 Å². The van der Waals surface area contributed by atoms with Gasteiger partial charge in [0.1, 0.15) is 5.82 Å². The van der Waals surface area contributed by atoms with Crippen molar-refractivity contribution >= 4 is 17.7 Å². The molecule has 0 bridgehead atoms. The fraction of sp³-hybridized carbons (Fsp3) is 0.733. The molecule has 0 N–H and O–H groups in total. The largest absolute Gasteiger partial charge is 0.339 e. The summed E-state index contributed by atoms with van der Waals surface area (Å²) in [4.78, 5) is 21.5. The van der Waals surface area contributed by atoms with Crippen LogP contribution in [0.2, 0.25) is 0 Å². The summed E-state index contributed by atoms with van der Waals surface area (Å²) in [5.74, 6) is 2.31.